The first-order valence-electron chi connectivity index (χ1n) is 9.68. The predicted octanol–water partition coefficient (Wildman–Crippen LogP) is 3.67. The molecule has 2 heteroatoms. The van der Waals surface area contributed by atoms with Crippen molar-refractivity contribution >= 4 is 0 Å². The summed E-state index contributed by atoms with van der Waals surface area (Å²) >= 11 is 0. The minimum absolute atomic E-state index is 0.596. The van der Waals surface area contributed by atoms with Crippen LogP contribution in [0.25, 0.3) is 0 Å². The number of hydrogen-bond donors (Lipinski definition) is 1. The Labute approximate surface area is 131 Å². The third-order valence-electron chi connectivity index (χ3n) is 6.89. The maximum atomic E-state index is 3.89. The van der Waals surface area contributed by atoms with Crippen LogP contribution in [0.1, 0.15) is 64.7 Å². The highest BCUT2D eigenvalue weighted by atomic mass is 15.2. The number of rotatable bonds is 5. The summed E-state index contributed by atoms with van der Waals surface area (Å²) in [5.74, 6) is 3.06. The van der Waals surface area contributed by atoms with Crippen molar-refractivity contribution in [2.24, 2.45) is 23.2 Å². The fraction of sp³-hybridized carbons (Fsp3) is 1.00. The summed E-state index contributed by atoms with van der Waals surface area (Å²) < 4.78 is 0. The zero-order valence-corrected chi connectivity index (χ0v) is 13.9. The van der Waals surface area contributed by atoms with Crippen LogP contribution in [0.2, 0.25) is 0 Å². The molecule has 2 nitrogen and oxygen atoms in total. The van der Waals surface area contributed by atoms with Gasteiger partial charge in [-0.3, -0.25) is 0 Å². The van der Waals surface area contributed by atoms with Crippen molar-refractivity contribution in [1.29, 1.82) is 0 Å². The van der Waals surface area contributed by atoms with Gasteiger partial charge in [0.25, 0.3) is 0 Å². The van der Waals surface area contributed by atoms with E-state index in [0.29, 0.717) is 5.41 Å². The topological polar surface area (TPSA) is 15.3 Å². The van der Waals surface area contributed by atoms with Gasteiger partial charge >= 0.3 is 0 Å². The molecule has 1 heterocycles. The fourth-order valence-corrected chi connectivity index (χ4v) is 5.71. The van der Waals surface area contributed by atoms with Gasteiger partial charge in [0.05, 0.1) is 0 Å². The van der Waals surface area contributed by atoms with Crippen LogP contribution in [0, 0.1) is 23.2 Å². The Morgan fingerprint density at radius 2 is 1.76 bits per heavy atom. The lowest BCUT2D eigenvalue weighted by Crippen LogP contribution is -2.46. The molecule has 4 aliphatic rings. The summed E-state index contributed by atoms with van der Waals surface area (Å²) in [6.07, 6.45) is 13.3. The molecule has 4 atom stereocenters. The molecule has 1 N–H and O–H groups in total. The van der Waals surface area contributed by atoms with Gasteiger partial charge in [-0.1, -0.05) is 26.2 Å². The van der Waals surface area contributed by atoms with E-state index in [1.165, 1.54) is 84.0 Å². The Kier molecular flexibility index (Phi) is 4.04. The third kappa shape index (κ3) is 3.32. The van der Waals surface area contributed by atoms with E-state index in [4.69, 9.17) is 0 Å². The molecule has 0 aromatic heterocycles. The average molecular weight is 290 g/mol. The highest BCUT2D eigenvalue weighted by Gasteiger charge is 2.42. The molecule has 120 valence electrons. The average Bonchev–Trinajstić information content (AvgIpc) is 3.06. The van der Waals surface area contributed by atoms with Gasteiger partial charge in [-0.2, -0.15) is 0 Å². The lowest BCUT2D eigenvalue weighted by Gasteiger charge is -2.43. The Morgan fingerprint density at radius 1 is 1.00 bits per heavy atom. The molecule has 4 unspecified atom stereocenters. The molecule has 3 saturated carbocycles. The predicted molar refractivity (Wildman–Crippen MR) is 88.4 cm³/mol. The largest absolute Gasteiger partial charge is 0.313 e. The van der Waals surface area contributed by atoms with E-state index in [1.807, 2.05) is 0 Å². The second kappa shape index (κ2) is 5.85. The van der Waals surface area contributed by atoms with Crippen LogP contribution >= 0.6 is 0 Å². The SMILES string of the molecule is CC1CCCC(CNC2CC2)(CN2CC3CCCC3C2)C1. The summed E-state index contributed by atoms with van der Waals surface area (Å²) in [6, 6.07) is 0.872. The van der Waals surface area contributed by atoms with Crippen LogP contribution in [0.4, 0.5) is 0 Å². The van der Waals surface area contributed by atoms with E-state index < -0.39 is 0 Å². The quantitative estimate of drug-likeness (QED) is 0.831. The van der Waals surface area contributed by atoms with Crippen molar-refractivity contribution in [2.75, 3.05) is 26.2 Å². The molecule has 0 spiro atoms. The number of fused-ring (bicyclic) bond motifs is 1. The Morgan fingerprint density at radius 3 is 2.43 bits per heavy atom. The van der Waals surface area contributed by atoms with Crippen LogP contribution < -0.4 is 5.32 Å². The first-order chi connectivity index (χ1) is 10.2. The van der Waals surface area contributed by atoms with Crippen LogP contribution in [-0.2, 0) is 0 Å². The Bertz CT molecular complexity index is 353. The van der Waals surface area contributed by atoms with E-state index in [1.54, 1.807) is 0 Å². The van der Waals surface area contributed by atoms with E-state index in [0.717, 1.165) is 23.8 Å². The minimum Gasteiger partial charge on any atom is -0.313 e. The van der Waals surface area contributed by atoms with Crippen molar-refractivity contribution < 1.29 is 0 Å². The minimum atomic E-state index is 0.596. The smallest absolute Gasteiger partial charge is 0.00684 e. The Hall–Kier alpha value is -0.0800. The second-order valence-electron chi connectivity index (χ2n) is 9.00. The monoisotopic (exact) mass is 290 g/mol. The van der Waals surface area contributed by atoms with Crippen LogP contribution in [-0.4, -0.2) is 37.1 Å². The molecule has 0 amide bonds. The zero-order valence-electron chi connectivity index (χ0n) is 13.9. The lowest BCUT2D eigenvalue weighted by atomic mass is 9.69. The molecular weight excluding hydrogens is 256 g/mol. The normalized spacial score (nSPS) is 44.1. The van der Waals surface area contributed by atoms with Gasteiger partial charge in [0.2, 0.25) is 0 Å². The molecule has 0 bridgehead atoms. The van der Waals surface area contributed by atoms with Crippen molar-refractivity contribution in [1.82, 2.24) is 10.2 Å². The molecular formula is C19H34N2. The lowest BCUT2D eigenvalue weighted by molar-refractivity contribution is 0.0870. The van der Waals surface area contributed by atoms with Gasteiger partial charge in [-0.15, -0.1) is 0 Å². The number of nitrogens with zero attached hydrogens (tertiary/aromatic N) is 1. The van der Waals surface area contributed by atoms with Gasteiger partial charge in [0.1, 0.15) is 0 Å². The van der Waals surface area contributed by atoms with Crippen molar-refractivity contribution in [3.63, 3.8) is 0 Å². The molecule has 4 fully saturated rings. The van der Waals surface area contributed by atoms with Crippen LogP contribution in [0.15, 0.2) is 0 Å². The van der Waals surface area contributed by atoms with Gasteiger partial charge in [-0.05, 0) is 61.7 Å². The van der Waals surface area contributed by atoms with Gasteiger partial charge in [0.15, 0.2) is 0 Å². The Balaban J connectivity index is 1.39. The van der Waals surface area contributed by atoms with E-state index in [-0.39, 0.29) is 0 Å². The molecule has 0 radical (unpaired) electrons. The highest BCUT2D eigenvalue weighted by molar-refractivity contribution is 4.96. The molecule has 4 rings (SSSR count). The summed E-state index contributed by atoms with van der Waals surface area (Å²) in [4.78, 5) is 2.86. The summed E-state index contributed by atoms with van der Waals surface area (Å²) in [7, 11) is 0. The first-order valence-corrected chi connectivity index (χ1v) is 9.68. The van der Waals surface area contributed by atoms with Gasteiger partial charge < -0.3 is 10.2 Å². The standard InChI is InChI=1S/C19H34N2/c1-15-4-3-9-19(10-15,13-20-18-7-8-18)14-21-11-16-5-2-6-17(16)12-21/h15-18,20H,2-14H2,1H3. The van der Waals surface area contributed by atoms with Crippen molar-refractivity contribution in [3.05, 3.63) is 0 Å². The maximum Gasteiger partial charge on any atom is 0.00684 e. The molecule has 3 aliphatic carbocycles. The number of nitrogens with one attached hydrogen (secondary N) is 1. The van der Waals surface area contributed by atoms with Crippen molar-refractivity contribution in [2.45, 2.75) is 70.8 Å². The molecule has 1 saturated heterocycles. The van der Waals surface area contributed by atoms with Crippen LogP contribution in [0.5, 0.6) is 0 Å². The zero-order chi connectivity index (χ0) is 14.3. The molecule has 0 aromatic rings. The van der Waals surface area contributed by atoms with Crippen molar-refractivity contribution in [3.8, 4) is 0 Å². The third-order valence-corrected chi connectivity index (χ3v) is 6.89. The van der Waals surface area contributed by atoms with E-state index in [2.05, 4.69) is 17.1 Å². The summed E-state index contributed by atoms with van der Waals surface area (Å²) in [5.41, 5.74) is 0.596. The van der Waals surface area contributed by atoms with Gasteiger partial charge in [-0.25, -0.2) is 0 Å². The first kappa shape index (κ1) is 14.5. The maximum absolute atomic E-state index is 3.89. The second-order valence-corrected chi connectivity index (χ2v) is 9.00. The molecule has 0 aromatic carbocycles. The van der Waals surface area contributed by atoms with E-state index in [9.17, 15) is 0 Å². The van der Waals surface area contributed by atoms with Crippen LogP contribution in [0.3, 0.4) is 0 Å². The summed E-state index contributed by atoms with van der Waals surface area (Å²) in [6.45, 7) is 8.02. The van der Waals surface area contributed by atoms with Gasteiger partial charge in [0, 0.05) is 32.2 Å². The molecule has 1 aliphatic heterocycles. The fourth-order valence-electron chi connectivity index (χ4n) is 5.71. The highest BCUT2D eigenvalue weighted by Crippen LogP contribution is 2.43. The number of hydrogen-bond acceptors (Lipinski definition) is 2. The number of likely N-dealkylation sites (tertiary alicyclic amines) is 1. The summed E-state index contributed by atoms with van der Waals surface area (Å²) in [5, 5.41) is 3.89. The molecule has 21 heavy (non-hydrogen) atoms. The van der Waals surface area contributed by atoms with E-state index >= 15 is 0 Å².